The number of anilines is 2. The van der Waals surface area contributed by atoms with Gasteiger partial charge in [-0.3, -0.25) is 9.59 Å². The van der Waals surface area contributed by atoms with Crippen molar-refractivity contribution in [3.05, 3.63) is 59.7 Å². The summed E-state index contributed by atoms with van der Waals surface area (Å²) in [6, 6.07) is 15.3. The summed E-state index contributed by atoms with van der Waals surface area (Å²) >= 11 is 0. The fraction of sp³-hybridized carbons (Fsp3) is 0.167. The molecule has 23 heavy (non-hydrogen) atoms. The third-order valence-electron chi connectivity index (χ3n) is 3.21. The van der Waals surface area contributed by atoms with Crippen molar-refractivity contribution in [2.75, 3.05) is 10.6 Å². The molecule has 2 aromatic carbocycles. The number of nitrogens with one attached hydrogen (secondary N) is 2. The average Bonchev–Trinajstić information content (AvgIpc) is 2.56. The number of nitriles is 1. The van der Waals surface area contributed by atoms with Crippen LogP contribution >= 0.6 is 0 Å². The Balaban J connectivity index is 2.02. The molecular formula is C18H17N3O2. The smallest absolute Gasteiger partial charge is 0.255 e. The van der Waals surface area contributed by atoms with E-state index in [0.717, 1.165) is 0 Å². The summed E-state index contributed by atoms with van der Waals surface area (Å²) in [6.07, 6.45) is 0. The van der Waals surface area contributed by atoms with Crippen molar-refractivity contribution in [2.24, 2.45) is 5.92 Å². The Labute approximate surface area is 134 Å². The van der Waals surface area contributed by atoms with Crippen molar-refractivity contribution >= 4 is 23.2 Å². The lowest BCUT2D eigenvalue weighted by Crippen LogP contribution is -2.18. The second-order valence-corrected chi connectivity index (χ2v) is 5.36. The zero-order chi connectivity index (χ0) is 16.8. The summed E-state index contributed by atoms with van der Waals surface area (Å²) in [6.45, 7) is 3.63. The highest BCUT2D eigenvalue weighted by molar-refractivity contribution is 6.04. The van der Waals surface area contributed by atoms with E-state index in [-0.39, 0.29) is 17.7 Å². The summed E-state index contributed by atoms with van der Waals surface area (Å²) in [4.78, 5) is 23.8. The molecule has 5 nitrogen and oxygen atoms in total. The van der Waals surface area contributed by atoms with Crippen molar-refractivity contribution in [1.29, 1.82) is 5.26 Å². The topological polar surface area (TPSA) is 82.0 Å². The van der Waals surface area contributed by atoms with Gasteiger partial charge in [-0.05, 0) is 48.5 Å². The number of hydrogen-bond acceptors (Lipinski definition) is 3. The third-order valence-corrected chi connectivity index (χ3v) is 3.21. The minimum absolute atomic E-state index is 0.0696. The van der Waals surface area contributed by atoms with Gasteiger partial charge in [-0.2, -0.15) is 5.26 Å². The van der Waals surface area contributed by atoms with Gasteiger partial charge in [0.2, 0.25) is 5.91 Å². The largest absolute Gasteiger partial charge is 0.326 e. The van der Waals surface area contributed by atoms with Crippen LogP contribution in [0.3, 0.4) is 0 Å². The standard InChI is InChI=1S/C18H17N3O2/c1-12(2)17(22)20-16-9-5-14(6-10-16)18(23)21-15-7-3-13(11-19)4-8-15/h3-10,12H,1-2H3,(H,20,22)(H,21,23). The van der Waals surface area contributed by atoms with E-state index in [1.807, 2.05) is 19.9 Å². The molecule has 0 aliphatic carbocycles. The SMILES string of the molecule is CC(C)C(=O)Nc1ccc(C(=O)Nc2ccc(C#N)cc2)cc1. The van der Waals surface area contributed by atoms with Gasteiger partial charge in [-0.1, -0.05) is 13.8 Å². The first-order valence-electron chi connectivity index (χ1n) is 7.22. The molecule has 0 radical (unpaired) electrons. The maximum absolute atomic E-state index is 12.1. The van der Waals surface area contributed by atoms with Gasteiger partial charge >= 0.3 is 0 Å². The first-order chi connectivity index (χ1) is 11.0. The van der Waals surface area contributed by atoms with E-state index in [9.17, 15) is 9.59 Å². The van der Waals surface area contributed by atoms with E-state index in [2.05, 4.69) is 10.6 Å². The highest BCUT2D eigenvalue weighted by Crippen LogP contribution is 2.14. The Bertz CT molecular complexity index is 741. The lowest BCUT2D eigenvalue weighted by atomic mass is 10.1. The van der Waals surface area contributed by atoms with Crippen LogP contribution in [0.1, 0.15) is 29.8 Å². The number of nitrogens with zero attached hydrogens (tertiary/aromatic N) is 1. The maximum Gasteiger partial charge on any atom is 0.255 e. The Morgan fingerprint density at radius 3 is 1.96 bits per heavy atom. The van der Waals surface area contributed by atoms with Crippen molar-refractivity contribution < 1.29 is 9.59 Å². The number of hydrogen-bond donors (Lipinski definition) is 2. The fourth-order valence-electron chi connectivity index (χ4n) is 1.82. The molecule has 0 saturated carbocycles. The van der Waals surface area contributed by atoms with Gasteiger partial charge in [-0.25, -0.2) is 0 Å². The maximum atomic E-state index is 12.1. The predicted molar refractivity (Wildman–Crippen MR) is 89.0 cm³/mol. The molecule has 2 N–H and O–H groups in total. The zero-order valence-corrected chi connectivity index (χ0v) is 13.0. The fourth-order valence-corrected chi connectivity index (χ4v) is 1.82. The number of carbonyl (C=O) groups is 2. The van der Waals surface area contributed by atoms with Crippen molar-refractivity contribution in [3.8, 4) is 6.07 Å². The summed E-state index contributed by atoms with van der Waals surface area (Å²) in [7, 11) is 0. The van der Waals surface area contributed by atoms with E-state index < -0.39 is 0 Å². The van der Waals surface area contributed by atoms with Crippen LogP contribution in [-0.4, -0.2) is 11.8 Å². The van der Waals surface area contributed by atoms with Crippen LogP contribution in [0.25, 0.3) is 0 Å². The molecule has 0 atom stereocenters. The lowest BCUT2D eigenvalue weighted by molar-refractivity contribution is -0.118. The molecule has 2 aromatic rings. The highest BCUT2D eigenvalue weighted by atomic mass is 16.2. The molecule has 0 aliphatic heterocycles. The number of amides is 2. The number of benzene rings is 2. The van der Waals surface area contributed by atoms with Crippen molar-refractivity contribution in [1.82, 2.24) is 0 Å². The minimum Gasteiger partial charge on any atom is -0.326 e. The van der Waals surface area contributed by atoms with Gasteiger partial charge in [0.15, 0.2) is 0 Å². The van der Waals surface area contributed by atoms with Gasteiger partial charge in [0.05, 0.1) is 11.6 Å². The molecule has 0 fully saturated rings. The summed E-state index contributed by atoms with van der Waals surface area (Å²) in [5.41, 5.74) is 2.29. The van der Waals surface area contributed by atoms with Crippen LogP contribution in [-0.2, 0) is 4.79 Å². The Morgan fingerprint density at radius 1 is 0.913 bits per heavy atom. The van der Waals surface area contributed by atoms with Gasteiger partial charge in [0.1, 0.15) is 0 Å². The van der Waals surface area contributed by atoms with Gasteiger partial charge in [0, 0.05) is 22.9 Å². The zero-order valence-electron chi connectivity index (χ0n) is 13.0. The third kappa shape index (κ3) is 4.42. The average molecular weight is 307 g/mol. The molecule has 0 saturated heterocycles. The molecule has 0 spiro atoms. The van der Waals surface area contributed by atoms with Gasteiger partial charge < -0.3 is 10.6 Å². The van der Waals surface area contributed by atoms with E-state index in [0.29, 0.717) is 22.5 Å². The summed E-state index contributed by atoms with van der Waals surface area (Å²) < 4.78 is 0. The molecule has 2 amide bonds. The van der Waals surface area contributed by atoms with E-state index >= 15 is 0 Å². The van der Waals surface area contributed by atoms with Crippen molar-refractivity contribution in [2.45, 2.75) is 13.8 Å². The molecule has 0 unspecified atom stereocenters. The van der Waals surface area contributed by atoms with Crippen LogP contribution in [0.15, 0.2) is 48.5 Å². The molecule has 2 rings (SSSR count). The monoisotopic (exact) mass is 307 g/mol. The van der Waals surface area contributed by atoms with Crippen LogP contribution in [0.2, 0.25) is 0 Å². The highest BCUT2D eigenvalue weighted by Gasteiger charge is 2.09. The Hall–Kier alpha value is -3.13. The molecule has 5 heteroatoms. The molecule has 0 heterocycles. The predicted octanol–water partition coefficient (Wildman–Crippen LogP) is 3.41. The normalized spacial score (nSPS) is 10.0. The first-order valence-corrected chi connectivity index (χ1v) is 7.22. The molecule has 0 bridgehead atoms. The molecule has 116 valence electrons. The number of rotatable bonds is 4. The van der Waals surface area contributed by atoms with Crippen molar-refractivity contribution in [3.63, 3.8) is 0 Å². The van der Waals surface area contributed by atoms with E-state index in [1.165, 1.54) is 0 Å². The Morgan fingerprint density at radius 2 is 1.43 bits per heavy atom. The molecule has 0 aromatic heterocycles. The summed E-state index contributed by atoms with van der Waals surface area (Å²) in [5, 5.41) is 14.3. The van der Waals surface area contributed by atoms with E-state index in [1.54, 1.807) is 48.5 Å². The second kappa shape index (κ2) is 7.23. The van der Waals surface area contributed by atoms with Gasteiger partial charge in [-0.15, -0.1) is 0 Å². The quantitative estimate of drug-likeness (QED) is 0.908. The van der Waals surface area contributed by atoms with Crippen LogP contribution in [0.5, 0.6) is 0 Å². The molecule has 0 aliphatic rings. The van der Waals surface area contributed by atoms with Gasteiger partial charge in [0.25, 0.3) is 5.91 Å². The second-order valence-electron chi connectivity index (χ2n) is 5.36. The lowest BCUT2D eigenvalue weighted by Gasteiger charge is -2.09. The molecular weight excluding hydrogens is 290 g/mol. The van der Waals surface area contributed by atoms with Crippen LogP contribution in [0.4, 0.5) is 11.4 Å². The number of carbonyl (C=O) groups excluding carboxylic acids is 2. The van der Waals surface area contributed by atoms with E-state index in [4.69, 9.17) is 5.26 Å². The van der Waals surface area contributed by atoms with Crippen LogP contribution in [0, 0.1) is 17.2 Å². The Kier molecular flexibility index (Phi) is 5.11. The van der Waals surface area contributed by atoms with Crippen LogP contribution < -0.4 is 10.6 Å². The first kappa shape index (κ1) is 16.2. The minimum atomic E-state index is -0.253. The summed E-state index contributed by atoms with van der Waals surface area (Å²) in [5.74, 6) is -0.425.